The molecule has 0 bridgehead atoms. The molecule has 0 spiro atoms. The fourth-order valence-corrected chi connectivity index (χ4v) is 3.60. The molecule has 0 saturated carbocycles. The minimum atomic E-state index is -0.148. The highest BCUT2D eigenvalue weighted by Crippen LogP contribution is 2.29. The van der Waals surface area contributed by atoms with Gasteiger partial charge in [-0.3, -0.25) is 4.57 Å². The second kappa shape index (κ2) is 7.27. The number of rotatable bonds is 6. The zero-order chi connectivity index (χ0) is 14.5. The minimum absolute atomic E-state index is 0.116. The molecule has 1 aliphatic carbocycles. The molecule has 1 aromatic rings. The lowest BCUT2D eigenvalue weighted by Gasteiger charge is -2.22. The molecule has 1 aliphatic rings. The van der Waals surface area contributed by atoms with Crippen LogP contribution in [0.2, 0.25) is 0 Å². The molecule has 0 unspecified atom stereocenters. The summed E-state index contributed by atoms with van der Waals surface area (Å²) in [5.41, 5.74) is 2.29. The van der Waals surface area contributed by atoms with E-state index in [1.807, 2.05) is 0 Å². The lowest BCUT2D eigenvalue weighted by Crippen LogP contribution is -2.30. The van der Waals surface area contributed by atoms with Crippen molar-refractivity contribution in [3.05, 3.63) is 21.7 Å². The standard InChI is InChI=1S/C15H24N2O2S/c1-11(2)10-20-14-12-6-3-4-7-13(12)17(8-5-9-18)15(19)16-14/h11,18H,3-10H2,1-2H3. The molecule has 1 aromatic heterocycles. The van der Waals surface area contributed by atoms with E-state index in [4.69, 9.17) is 5.11 Å². The predicted molar refractivity (Wildman–Crippen MR) is 82.4 cm³/mol. The molecule has 0 saturated heterocycles. The average Bonchev–Trinajstić information content (AvgIpc) is 2.44. The maximum absolute atomic E-state index is 12.2. The Labute approximate surface area is 124 Å². The number of aliphatic hydroxyl groups excluding tert-OH is 1. The molecule has 0 atom stereocenters. The van der Waals surface area contributed by atoms with Gasteiger partial charge < -0.3 is 5.11 Å². The Bertz CT molecular complexity index is 511. The highest BCUT2D eigenvalue weighted by atomic mass is 32.2. The van der Waals surface area contributed by atoms with Gasteiger partial charge in [0.1, 0.15) is 5.03 Å². The van der Waals surface area contributed by atoms with Gasteiger partial charge >= 0.3 is 5.69 Å². The van der Waals surface area contributed by atoms with Crippen LogP contribution in [0.5, 0.6) is 0 Å². The van der Waals surface area contributed by atoms with Crippen molar-refractivity contribution in [3.8, 4) is 0 Å². The van der Waals surface area contributed by atoms with Crippen molar-refractivity contribution in [2.24, 2.45) is 5.92 Å². The first-order valence-electron chi connectivity index (χ1n) is 7.49. The summed E-state index contributed by atoms with van der Waals surface area (Å²) < 4.78 is 1.78. The summed E-state index contributed by atoms with van der Waals surface area (Å²) in [5, 5.41) is 9.93. The van der Waals surface area contributed by atoms with Crippen LogP contribution in [0.15, 0.2) is 9.82 Å². The van der Waals surface area contributed by atoms with Crippen LogP contribution in [-0.2, 0) is 19.4 Å². The van der Waals surface area contributed by atoms with Crippen LogP contribution in [0.3, 0.4) is 0 Å². The molecule has 20 heavy (non-hydrogen) atoms. The molecule has 0 aliphatic heterocycles. The Morgan fingerprint density at radius 2 is 2.10 bits per heavy atom. The second-order valence-electron chi connectivity index (χ2n) is 5.77. The van der Waals surface area contributed by atoms with Gasteiger partial charge in [0.15, 0.2) is 0 Å². The zero-order valence-electron chi connectivity index (χ0n) is 12.4. The lowest BCUT2D eigenvalue weighted by atomic mass is 9.97. The molecular weight excluding hydrogens is 272 g/mol. The topological polar surface area (TPSA) is 55.1 Å². The summed E-state index contributed by atoms with van der Waals surface area (Å²) in [4.78, 5) is 16.5. The van der Waals surface area contributed by atoms with Gasteiger partial charge in [-0.05, 0) is 38.0 Å². The monoisotopic (exact) mass is 296 g/mol. The molecule has 2 rings (SSSR count). The van der Waals surface area contributed by atoms with Gasteiger partial charge in [-0.15, -0.1) is 11.8 Å². The van der Waals surface area contributed by atoms with Crippen LogP contribution in [-0.4, -0.2) is 27.0 Å². The van der Waals surface area contributed by atoms with E-state index < -0.39 is 0 Å². The van der Waals surface area contributed by atoms with Crippen LogP contribution in [0.1, 0.15) is 44.4 Å². The van der Waals surface area contributed by atoms with Crippen molar-refractivity contribution in [3.63, 3.8) is 0 Å². The third kappa shape index (κ3) is 3.64. The number of hydrogen-bond acceptors (Lipinski definition) is 4. The summed E-state index contributed by atoms with van der Waals surface area (Å²) in [5.74, 6) is 1.59. The number of aliphatic hydroxyl groups is 1. The van der Waals surface area contributed by atoms with Crippen LogP contribution in [0.25, 0.3) is 0 Å². The molecule has 0 aromatic carbocycles. The van der Waals surface area contributed by atoms with E-state index >= 15 is 0 Å². The van der Waals surface area contributed by atoms with E-state index in [1.165, 1.54) is 12.0 Å². The van der Waals surface area contributed by atoms with E-state index in [1.54, 1.807) is 16.3 Å². The van der Waals surface area contributed by atoms with Crippen molar-refractivity contribution in [2.45, 2.75) is 57.5 Å². The smallest absolute Gasteiger partial charge is 0.348 e. The van der Waals surface area contributed by atoms with Gasteiger partial charge in [-0.25, -0.2) is 4.79 Å². The normalized spacial score (nSPS) is 14.6. The van der Waals surface area contributed by atoms with Gasteiger partial charge in [-0.2, -0.15) is 4.98 Å². The van der Waals surface area contributed by atoms with Crippen molar-refractivity contribution < 1.29 is 5.11 Å². The average molecular weight is 296 g/mol. The number of aromatic nitrogens is 2. The van der Waals surface area contributed by atoms with Crippen molar-refractivity contribution >= 4 is 11.8 Å². The van der Waals surface area contributed by atoms with Crippen LogP contribution in [0.4, 0.5) is 0 Å². The zero-order valence-corrected chi connectivity index (χ0v) is 13.2. The van der Waals surface area contributed by atoms with E-state index in [2.05, 4.69) is 18.8 Å². The maximum Gasteiger partial charge on any atom is 0.348 e. The highest BCUT2D eigenvalue weighted by molar-refractivity contribution is 7.99. The fraction of sp³-hybridized carbons (Fsp3) is 0.733. The molecule has 5 heteroatoms. The summed E-state index contributed by atoms with van der Waals surface area (Å²) in [6, 6.07) is 0. The largest absolute Gasteiger partial charge is 0.396 e. The summed E-state index contributed by atoms with van der Waals surface area (Å²) >= 11 is 1.72. The molecule has 0 radical (unpaired) electrons. The van der Waals surface area contributed by atoms with Gasteiger partial charge in [0.25, 0.3) is 0 Å². The first kappa shape index (κ1) is 15.6. The molecule has 1 N–H and O–H groups in total. The number of hydrogen-bond donors (Lipinski definition) is 1. The van der Waals surface area contributed by atoms with Crippen LogP contribution < -0.4 is 5.69 Å². The van der Waals surface area contributed by atoms with Gasteiger partial charge in [0.05, 0.1) is 0 Å². The first-order valence-corrected chi connectivity index (χ1v) is 8.48. The van der Waals surface area contributed by atoms with Gasteiger partial charge in [0.2, 0.25) is 0 Å². The van der Waals surface area contributed by atoms with E-state index in [0.717, 1.165) is 35.7 Å². The highest BCUT2D eigenvalue weighted by Gasteiger charge is 2.20. The fourth-order valence-electron chi connectivity index (χ4n) is 2.57. The minimum Gasteiger partial charge on any atom is -0.396 e. The maximum atomic E-state index is 12.2. The molecule has 112 valence electrons. The number of nitrogens with zero attached hydrogens (tertiary/aromatic N) is 2. The van der Waals surface area contributed by atoms with Gasteiger partial charge in [-0.1, -0.05) is 13.8 Å². The van der Waals surface area contributed by atoms with Crippen molar-refractivity contribution in [1.29, 1.82) is 0 Å². The Morgan fingerprint density at radius 1 is 1.35 bits per heavy atom. The van der Waals surface area contributed by atoms with E-state index in [9.17, 15) is 4.79 Å². The van der Waals surface area contributed by atoms with Gasteiger partial charge in [0, 0.05) is 30.2 Å². The molecule has 4 nitrogen and oxygen atoms in total. The molecule has 0 fully saturated rings. The quantitative estimate of drug-likeness (QED) is 0.646. The van der Waals surface area contributed by atoms with Crippen LogP contribution >= 0.6 is 11.8 Å². The summed E-state index contributed by atoms with van der Waals surface area (Å²) in [7, 11) is 0. The SMILES string of the molecule is CC(C)CSc1nc(=O)n(CCCO)c2c1CCCC2. The Hall–Kier alpha value is -0.810. The van der Waals surface area contributed by atoms with Crippen molar-refractivity contribution in [2.75, 3.05) is 12.4 Å². The van der Waals surface area contributed by atoms with E-state index in [-0.39, 0.29) is 12.3 Å². The lowest BCUT2D eigenvalue weighted by molar-refractivity contribution is 0.277. The predicted octanol–water partition coefficient (Wildman–Crippen LogP) is 2.25. The number of fused-ring (bicyclic) bond motifs is 1. The Kier molecular flexibility index (Phi) is 5.66. The molecule has 1 heterocycles. The van der Waals surface area contributed by atoms with Crippen molar-refractivity contribution in [1.82, 2.24) is 9.55 Å². The third-order valence-electron chi connectivity index (χ3n) is 3.54. The first-order chi connectivity index (χ1) is 9.63. The molecule has 0 amide bonds. The third-order valence-corrected chi connectivity index (χ3v) is 4.99. The van der Waals surface area contributed by atoms with E-state index in [0.29, 0.717) is 18.9 Å². The summed E-state index contributed by atoms with van der Waals surface area (Å²) in [6.07, 6.45) is 4.94. The Balaban J connectivity index is 2.35. The number of thioether (sulfide) groups is 1. The molecular formula is C15H24N2O2S. The summed E-state index contributed by atoms with van der Waals surface area (Å²) in [6.45, 7) is 5.06. The second-order valence-corrected chi connectivity index (χ2v) is 6.77. The Morgan fingerprint density at radius 3 is 2.80 bits per heavy atom. The van der Waals surface area contributed by atoms with Crippen LogP contribution in [0, 0.1) is 5.92 Å².